The molecule has 0 fully saturated rings. The van der Waals surface area contributed by atoms with E-state index in [1.165, 1.54) is 19.2 Å². The number of amides is 1. The molecule has 0 bridgehead atoms. The highest BCUT2D eigenvalue weighted by atomic mass is 32.2. The van der Waals surface area contributed by atoms with Gasteiger partial charge in [-0.05, 0) is 6.92 Å². The minimum Gasteiger partial charge on any atom is -0.480 e. The van der Waals surface area contributed by atoms with Crippen LogP contribution in [0.15, 0.2) is 40.7 Å². The van der Waals surface area contributed by atoms with Crippen LogP contribution in [0.3, 0.4) is 0 Å². The summed E-state index contributed by atoms with van der Waals surface area (Å²) in [5, 5.41) is 13.4. The summed E-state index contributed by atoms with van der Waals surface area (Å²) in [6, 6.07) is 7.80. The number of hydrogen-bond acceptors (Lipinski definition) is 6. The summed E-state index contributed by atoms with van der Waals surface area (Å²) >= 11 is 1.16. The van der Waals surface area contributed by atoms with Crippen LogP contribution in [-0.4, -0.2) is 53.8 Å². The predicted octanol–water partition coefficient (Wildman–Crippen LogP) is 1.41. The number of aromatic nitrogens is 1. The van der Waals surface area contributed by atoms with Gasteiger partial charge in [0.25, 0.3) is 10.0 Å². The van der Waals surface area contributed by atoms with E-state index in [0.29, 0.717) is 5.01 Å². The molecule has 0 aliphatic rings. The van der Waals surface area contributed by atoms with E-state index in [4.69, 9.17) is 0 Å². The number of benzene rings is 1. The van der Waals surface area contributed by atoms with Crippen LogP contribution in [0.25, 0.3) is 10.6 Å². The molecule has 0 aliphatic carbocycles. The third-order valence-corrected chi connectivity index (χ3v) is 6.47. The summed E-state index contributed by atoms with van der Waals surface area (Å²) in [5.74, 6) is -1.61. The summed E-state index contributed by atoms with van der Waals surface area (Å²) in [6.45, 7) is 2.40. The quantitative estimate of drug-likeness (QED) is 0.696. The Morgan fingerprint density at radius 1 is 1.31 bits per heavy atom. The summed E-state index contributed by atoms with van der Waals surface area (Å²) < 4.78 is 26.6. The molecule has 1 heterocycles. The summed E-state index contributed by atoms with van der Waals surface area (Å²) in [4.78, 5) is 26.5. The van der Waals surface area contributed by atoms with Crippen LogP contribution in [-0.2, 0) is 19.6 Å². The molecule has 1 aromatic heterocycles. The van der Waals surface area contributed by atoms with Crippen molar-refractivity contribution in [1.82, 2.24) is 14.6 Å². The van der Waals surface area contributed by atoms with Crippen molar-refractivity contribution in [3.05, 3.63) is 35.7 Å². The fourth-order valence-corrected chi connectivity index (χ4v) is 4.86. The molecular weight excluding hydrogens is 378 g/mol. The normalized spacial score (nSPS) is 12.7. The van der Waals surface area contributed by atoms with Crippen LogP contribution < -0.4 is 5.32 Å². The Bertz CT molecular complexity index is 880. The number of carbonyl (C=O) groups is 2. The van der Waals surface area contributed by atoms with Gasteiger partial charge in [-0.1, -0.05) is 30.3 Å². The topological polar surface area (TPSA) is 117 Å². The zero-order valence-corrected chi connectivity index (χ0v) is 15.9. The lowest BCUT2D eigenvalue weighted by molar-refractivity contribution is -0.140. The van der Waals surface area contributed by atoms with Crippen molar-refractivity contribution in [3.8, 4) is 10.6 Å². The summed E-state index contributed by atoms with van der Waals surface area (Å²) in [5.41, 5.74) is 0.773. The molecular formula is C16H19N3O5S2. The second kappa shape index (κ2) is 8.39. The maximum absolute atomic E-state index is 12.9. The molecule has 26 heavy (non-hydrogen) atoms. The van der Waals surface area contributed by atoms with Gasteiger partial charge in [0, 0.05) is 31.0 Å². The average Bonchev–Trinajstić information content (AvgIpc) is 3.09. The number of sulfonamides is 1. The van der Waals surface area contributed by atoms with Crippen LogP contribution in [0.1, 0.15) is 13.8 Å². The zero-order valence-electron chi connectivity index (χ0n) is 14.2. The second-order valence-electron chi connectivity index (χ2n) is 5.47. The number of rotatable bonds is 8. The van der Waals surface area contributed by atoms with Crippen molar-refractivity contribution < 1.29 is 23.1 Å². The summed E-state index contributed by atoms with van der Waals surface area (Å²) in [7, 11) is -4.13. The van der Waals surface area contributed by atoms with E-state index in [0.717, 1.165) is 21.2 Å². The number of carboxylic acid groups (broad SMARTS) is 1. The maximum atomic E-state index is 12.9. The highest BCUT2D eigenvalue weighted by molar-refractivity contribution is 7.89. The lowest BCUT2D eigenvalue weighted by Crippen LogP contribution is -2.46. The number of nitrogens with zero attached hydrogens (tertiary/aromatic N) is 2. The first kappa shape index (κ1) is 20.0. The Balaban J connectivity index is 2.32. The van der Waals surface area contributed by atoms with Crippen molar-refractivity contribution in [2.75, 3.05) is 13.1 Å². The van der Waals surface area contributed by atoms with E-state index in [1.807, 2.05) is 30.3 Å². The Hall–Kier alpha value is -2.30. The van der Waals surface area contributed by atoms with E-state index in [-0.39, 0.29) is 24.0 Å². The fraction of sp³-hybridized carbons (Fsp3) is 0.312. The zero-order chi connectivity index (χ0) is 19.3. The molecule has 2 aromatic rings. The third-order valence-electron chi connectivity index (χ3n) is 3.57. The molecule has 0 saturated heterocycles. The van der Waals surface area contributed by atoms with Gasteiger partial charge in [-0.3, -0.25) is 9.59 Å². The number of carbonyl (C=O) groups excluding carboxylic acids is 1. The number of hydrogen-bond donors (Lipinski definition) is 2. The van der Waals surface area contributed by atoms with E-state index < -0.39 is 22.0 Å². The number of thiazole rings is 1. The second-order valence-corrected chi connectivity index (χ2v) is 8.17. The molecule has 0 aliphatic heterocycles. The number of aliphatic carboxylic acids is 1. The van der Waals surface area contributed by atoms with Gasteiger partial charge in [-0.2, -0.15) is 4.31 Å². The molecule has 1 atom stereocenters. The van der Waals surface area contributed by atoms with Gasteiger partial charge in [0.1, 0.15) is 11.0 Å². The molecule has 8 nitrogen and oxygen atoms in total. The van der Waals surface area contributed by atoms with Gasteiger partial charge >= 0.3 is 5.97 Å². The van der Waals surface area contributed by atoms with E-state index >= 15 is 0 Å². The Morgan fingerprint density at radius 2 is 1.96 bits per heavy atom. The molecule has 1 unspecified atom stereocenters. The monoisotopic (exact) mass is 397 g/mol. The molecule has 2 N–H and O–H groups in total. The van der Waals surface area contributed by atoms with Gasteiger partial charge in [0.05, 0.1) is 0 Å². The smallest absolute Gasteiger partial charge is 0.321 e. The van der Waals surface area contributed by atoms with Crippen LogP contribution in [0.2, 0.25) is 0 Å². The van der Waals surface area contributed by atoms with Crippen molar-refractivity contribution in [3.63, 3.8) is 0 Å². The lowest BCUT2D eigenvalue weighted by Gasteiger charge is -2.24. The SMILES string of the molecule is CC(=O)NCCN(C(C)C(=O)O)S(=O)(=O)c1csc(-c2ccccc2)n1. The van der Waals surface area contributed by atoms with Gasteiger partial charge < -0.3 is 10.4 Å². The van der Waals surface area contributed by atoms with Gasteiger partial charge in [0.2, 0.25) is 5.91 Å². The molecule has 1 amide bonds. The number of carboxylic acids is 1. The third kappa shape index (κ3) is 4.65. The van der Waals surface area contributed by atoms with Crippen LogP contribution in [0, 0.1) is 0 Å². The average molecular weight is 397 g/mol. The first-order valence-electron chi connectivity index (χ1n) is 7.73. The maximum Gasteiger partial charge on any atom is 0.321 e. The standard InChI is InChI=1S/C16H19N3O5S2/c1-11(16(21)22)19(9-8-17-12(2)20)26(23,24)14-10-25-15(18-14)13-6-4-3-5-7-13/h3-7,10-11H,8-9H2,1-2H3,(H,17,20)(H,21,22). The van der Waals surface area contributed by atoms with Crippen LogP contribution in [0.5, 0.6) is 0 Å². The van der Waals surface area contributed by atoms with Crippen molar-refractivity contribution >= 4 is 33.2 Å². The Morgan fingerprint density at radius 3 is 2.54 bits per heavy atom. The van der Waals surface area contributed by atoms with Crippen molar-refractivity contribution in [2.24, 2.45) is 0 Å². The molecule has 0 spiro atoms. The molecule has 10 heteroatoms. The highest BCUT2D eigenvalue weighted by Gasteiger charge is 2.34. The van der Waals surface area contributed by atoms with E-state index in [9.17, 15) is 23.1 Å². The van der Waals surface area contributed by atoms with E-state index in [1.54, 1.807) is 0 Å². The van der Waals surface area contributed by atoms with Gasteiger partial charge in [0.15, 0.2) is 5.03 Å². The Kier molecular flexibility index (Phi) is 6.46. The lowest BCUT2D eigenvalue weighted by atomic mass is 10.2. The molecule has 0 radical (unpaired) electrons. The first-order valence-corrected chi connectivity index (χ1v) is 10.1. The van der Waals surface area contributed by atoms with Crippen molar-refractivity contribution in [1.29, 1.82) is 0 Å². The van der Waals surface area contributed by atoms with Gasteiger partial charge in [-0.25, -0.2) is 13.4 Å². The summed E-state index contributed by atoms with van der Waals surface area (Å²) in [6.07, 6.45) is 0. The Labute approximate surface area is 155 Å². The fourth-order valence-electron chi connectivity index (χ4n) is 2.20. The van der Waals surface area contributed by atoms with Crippen LogP contribution in [0.4, 0.5) is 0 Å². The van der Waals surface area contributed by atoms with Gasteiger partial charge in [-0.15, -0.1) is 11.3 Å². The minimum atomic E-state index is -4.13. The molecule has 140 valence electrons. The van der Waals surface area contributed by atoms with E-state index in [2.05, 4.69) is 10.3 Å². The number of nitrogens with one attached hydrogen (secondary N) is 1. The minimum absolute atomic E-state index is 0.00185. The highest BCUT2D eigenvalue weighted by Crippen LogP contribution is 2.27. The first-order chi connectivity index (χ1) is 12.2. The molecule has 2 rings (SSSR count). The predicted molar refractivity (Wildman–Crippen MR) is 97.2 cm³/mol. The van der Waals surface area contributed by atoms with Crippen molar-refractivity contribution in [2.45, 2.75) is 24.9 Å². The molecule has 0 saturated carbocycles. The van der Waals surface area contributed by atoms with Crippen LogP contribution >= 0.6 is 11.3 Å². The molecule has 1 aromatic carbocycles. The largest absolute Gasteiger partial charge is 0.480 e.